The van der Waals surface area contributed by atoms with Crippen molar-refractivity contribution in [3.63, 3.8) is 0 Å². The van der Waals surface area contributed by atoms with Crippen molar-refractivity contribution in [2.24, 2.45) is 4.99 Å². The largest absolute Gasteiger partial charge is 0.366 e. The lowest BCUT2D eigenvalue weighted by Crippen LogP contribution is -2.14. The quantitative estimate of drug-likeness (QED) is 0.300. The molecular weight excluding hydrogens is 404 g/mol. The molecule has 1 aromatic heterocycles. The Bertz CT molecular complexity index is 982. The maximum absolute atomic E-state index is 10.7. The summed E-state index contributed by atoms with van der Waals surface area (Å²) in [4.78, 5) is 21.6. The lowest BCUT2D eigenvalue weighted by molar-refractivity contribution is 0.111. The van der Waals surface area contributed by atoms with E-state index >= 15 is 0 Å². The van der Waals surface area contributed by atoms with Crippen LogP contribution in [0.3, 0.4) is 0 Å². The van der Waals surface area contributed by atoms with Crippen LogP contribution in [0.1, 0.15) is 44.7 Å². The van der Waals surface area contributed by atoms with Gasteiger partial charge in [-0.1, -0.05) is 36.4 Å². The number of aromatic nitrogens is 1. The fourth-order valence-corrected chi connectivity index (χ4v) is 3.62. The first-order valence-corrected chi connectivity index (χ1v) is 11.3. The van der Waals surface area contributed by atoms with Gasteiger partial charge in [-0.15, -0.1) is 11.3 Å². The molecule has 0 aliphatic heterocycles. The molecule has 0 saturated carbocycles. The predicted molar refractivity (Wildman–Crippen MR) is 132 cm³/mol. The molecule has 0 aliphatic carbocycles. The Hall–Kier alpha value is -2.83. The number of aliphatic imine (C=N–C) groups is 1. The number of thiazole rings is 1. The van der Waals surface area contributed by atoms with E-state index in [2.05, 4.69) is 60.3 Å². The van der Waals surface area contributed by atoms with Crippen LogP contribution in [-0.4, -0.2) is 43.1 Å². The van der Waals surface area contributed by atoms with Crippen LogP contribution in [-0.2, 0) is 13.0 Å². The van der Waals surface area contributed by atoms with Crippen molar-refractivity contribution in [3.05, 3.63) is 80.8 Å². The summed E-state index contributed by atoms with van der Waals surface area (Å²) in [5.41, 5.74) is 6.41. The summed E-state index contributed by atoms with van der Waals surface area (Å²) < 4.78 is 0. The van der Waals surface area contributed by atoms with E-state index in [0.717, 1.165) is 42.1 Å². The van der Waals surface area contributed by atoms with E-state index in [9.17, 15) is 4.79 Å². The molecule has 2 aromatic carbocycles. The average molecular weight is 437 g/mol. The van der Waals surface area contributed by atoms with Crippen molar-refractivity contribution in [1.82, 2.24) is 15.2 Å². The van der Waals surface area contributed by atoms with Crippen molar-refractivity contribution in [1.29, 1.82) is 0 Å². The van der Waals surface area contributed by atoms with Gasteiger partial charge in [0, 0.05) is 31.9 Å². The summed E-state index contributed by atoms with van der Waals surface area (Å²) in [5.74, 6) is 0. The van der Waals surface area contributed by atoms with E-state index in [1.165, 1.54) is 28.0 Å². The predicted octanol–water partition coefficient (Wildman–Crippen LogP) is 5.18. The molecule has 0 saturated heterocycles. The second-order valence-corrected chi connectivity index (χ2v) is 8.30. The first kappa shape index (κ1) is 24.4. The van der Waals surface area contributed by atoms with E-state index in [1.807, 2.05) is 43.5 Å². The fraction of sp³-hybridized carbons (Fsp3) is 0.320. The SMILES string of the molecule is CCN(C)C=Nc1cc(C)c(Cc2nc(C=O)cs2)cc1C.CNCc1ccccc1. The van der Waals surface area contributed by atoms with Gasteiger partial charge in [0.25, 0.3) is 0 Å². The summed E-state index contributed by atoms with van der Waals surface area (Å²) in [7, 11) is 3.96. The molecule has 3 rings (SSSR count). The Morgan fingerprint density at radius 2 is 1.90 bits per heavy atom. The molecule has 6 heteroatoms. The molecule has 0 atom stereocenters. The van der Waals surface area contributed by atoms with E-state index in [0.29, 0.717) is 5.69 Å². The molecule has 5 nitrogen and oxygen atoms in total. The van der Waals surface area contributed by atoms with Crippen LogP contribution in [0.2, 0.25) is 0 Å². The van der Waals surface area contributed by atoms with Gasteiger partial charge in [-0.3, -0.25) is 4.79 Å². The monoisotopic (exact) mass is 436 g/mol. The Morgan fingerprint density at radius 1 is 1.16 bits per heavy atom. The Balaban J connectivity index is 0.000000316. The first-order valence-electron chi connectivity index (χ1n) is 10.4. The molecule has 1 heterocycles. The molecule has 0 amide bonds. The molecular formula is C25H32N4OS. The van der Waals surface area contributed by atoms with Crippen molar-refractivity contribution in [3.8, 4) is 0 Å². The molecule has 0 unspecified atom stereocenters. The number of hydrogen-bond acceptors (Lipinski definition) is 5. The standard InChI is InChI=1S/C17H21N3OS.C8H11N/c1-5-20(4)11-18-16-7-12(2)14(6-13(16)3)8-17-19-15(9-21)10-22-17;1-9-7-8-5-3-2-4-6-8/h6-7,9-11H,5,8H2,1-4H3;2-6,9H,7H2,1H3. The molecule has 0 bridgehead atoms. The third kappa shape index (κ3) is 8.07. The van der Waals surface area contributed by atoms with Gasteiger partial charge >= 0.3 is 0 Å². The number of nitrogens with one attached hydrogen (secondary N) is 1. The number of carbonyl (C=O) groups is 1. The fourth-order valence-electron chi connectivity index (χ4n) is 2.86. The number of aldehydes is 1. The topological polar surface area (TPSA) is 57.6 Å². The molecule has 3 aromatic rings. The summed E-state index contributed by atoms with van der Waals surface area (Å²) >= 11 is 1.53. The zero-order chi connectivity index (χ0) is 22.6. The maximum atomic E-state index is 10.7. The second-order valence-electron chi connectivity index (χ2n) is 7.36. The average Bonchev–Trinajstić information content (AvgIpc) is 3.24. The Labute approximate surface area is 189 Å². The van der Waals surface area contributed by atoms with E-state index in [1.54, 1.807) is 5.38 Å². The normalized spacial score (nSPS) is 10.6. The van der Waals surface area contributed by atoms with Gasteiger partial charge in [0.05, 0.1) is 17.0 Å². The van der Waals surface area contributed by atoms with E-state index < -0.39 is 0 Å². The van der Waals surface area contributed by atoms with Crippen LogP contribution in [0.5, 0.6) is 0 Å². The van der Waals surface area contributed by atoms with Crippen LogP contribution in [0, 0.1) is 13.8 Å². The minimum Gasteiger partial charge on any atom is -0.366 e. The molecule has 164 valence electrons. The molecule has 0 radical (unpaired) electrons. The zero-order valence-electron chi connectivity index (χ0n) is 19.1. The summed E-state index contributed by atoms with van der Waals surface area (Å²) in [6, 6.07) is 14.6. The van der Waals surface area contributed by atoms with Crippen LogP contribution < -0.4 is 5.32 Å². The van der Waals surface area contributed by atoms with Crippen LogP contribution in [0.15, 0.2) is 52.8 Å². The van der Waals surface area contributed by atoms with Gasteiger partial charge in [0.15, 0.2) is 6.29 Å². The third-order valence-corrected chi connectivity index (χ3v) is 5.67. The lowest BCUT2D eigenvalue weighted by atomic mass is 10.0. The van der Waals surface area contributed by atoms with Crippen LogP contribution >= 0.6 is 11.3 Å². The number of hydrogen-bond donors (Lipinski definition) is 1. The Kier molecular flexibility index (Phi) is 10.1. The number of benzene rings is 2. The van der Waals surface area contributed by atoms with Gasteiger partial charge in [-0.05, 0) is 56.1 Å². The number of aryl methyl sites for hydroxylation is 2. The number of nitrogens with zero attached hydrogens (tertiary/aromatic N) is 3. The minimum atomic E-state index is 0.512. The van der Waals surface area contributed by atoms with Gasteiger partial charge in [-0.25, -0.2) is 9.98 Å². The highest BCUT2D eigenvalue weighted by Gasteiger charge is 2.08. The molecule has 0 fully saturated rings. The zero-order valence-corrected chi connectivity index (χ0v) is 19.9. The molecule has 0 aliphatic rings. The van der Waals surface area contributed by atoms with Crippen molar-refractivity contribution >= 4 is 29.6 Å². The summed E-state index contributed by atoms with van der Waals surface area (Å²) in [6.07, 6.45) is 3.41. The minimum absolute atomic E-state index is 0.512. The smallest absolute Gasteiger partial charge is 0.169 e. The van der Waals surface area contributed by atoms with E-state index in [4.69, 9.17) is 0 Å². The van der Waals surface area contributed by atoms with Crippen molar-refractivity contribution < 1.29 is 4.79 Å². The molecule has 31 heavy (non-hydrogen) atoms. The van der Waals surface area contributed by atoms with Crippen molar-refractivity contribution in [2.75, 3.05) is 20.6 Å². The highest BCUT2D eigenvalue weighted by atomic mass is 32.1. The van der Waals surface area contributed by atoms with Crippen molar-refractivity contribution in [2.45, 2.75) is 33.7 Å². The molecule has 1 N–H and O–H groups in total. The highest BCUT2D eigenvalue weighted by molar-refractivity contribution is 7.09. The van der Waals surface area contributed by atoms with E-state index in [-0.39, 0.29) is 0 Å². The second kappa shape index (κ2) is 12.8. The van der Waals surface area contributed by atoms with Gasteiger partial charge in [0.2, 0.25) is 0 Å². The van der Waals surface area contributed by atoms with Gasteiger partial charge in [0.1, 0.15) is 5.69 Å². The van der Waals surface area contributed by atoms with Gasteiger partial charge < -0.3 is 10.2 Å². The summed E-state index contributed by atoms with van der Waals surface area (Å²) in [5, 5.41) is 5.84. The number of rotatable bonds is 8. The maximum Gasteiger partial charge on any atom is 0.169 e. The first-order chi connectivity index (χ1) is 15.0. The Morgan fingerprint density at radius 3 is 2.52 bits per heavy atom. The molecule has 0 spiro atoms. The lowest BCUT2D eigenvalue weighted by Gasteiger charge is -2.11. The number of carbonyl (C=O) groups excluding carboxylic acids is 1. The van der Waals surface area contributed by atoms with Gasteiger partial charge in [-0.2, -0.15) is 0 Å². The summed E-state index contributed by atoms with van der Waals surface area (Å²) in [6.45, 7) is 8.14. The third-order valence-electron chi connectivity index (χ3n) is 4.80. The van der Waals surface area contributed by atoms with Crippen LogP contribution in [0.4, 0.5) is 5.69 Å². The highest BCUT2D eigenvalue weighted by Crippen LogP contribution is 2.25. The van der Waals surface area contributed by atoms with Crippen LogP contribution in [0.25, 0.3) is 0 Å².